The van der Waals surface area contributed by atoms with Crippen LogP contribution in [0.3, 0.4) is 0 Å². The van der Waals surface area contributed by atoms with Crippen molar-refractivity contribution >= 4 is 63.5 Å². The number of fused-ring (bicyclic) bond motifs is 1. The van der Waals surface area contributed by atoms with E-state index in [-0.39, 0.29) is 34.5 Å². The van der Waals surface area contributed by atoms with Gasteiger partial charge in [0, 0.05) is 16.9 Å². The Kier molecular flexibility index (Phi) is 7.23. The molecule has 1 saturated heterocycles. The van der Waals surface area contributed by atoms with Crippen molar-refractivity contribution in [2.24, 2.45) is 5.16 Å². The van der Waals surface area contributed by atoms with Crippen molar-refractivity contribution in [3.05, 3.63) is 22.3 Å². The van der Waals surface area contributed by atoms with Crippen LogP contribution in [0.5, 0.6) is 0 Å². The number of tetrazole rings is 1. The highest BCUT2D eigenvalue weighted by Crippen LogP contribution is 2.41. The Hall–Kier alpha value is -3.62. The number of nitrogens with two attached hydrogens (primary N) is 1. The normalized spacial score (nSPS) is 19.6. The molecule has 0 radical (unpaired) electrons. The van der Waals surface area contributed by atoms with Crippen LogP contribution < -0.4 is 11.1 Å². The number of anilines is 1. The lowest BCUT2D eigenvalue weighted by Gasteiger charge is -2.49. The molecule has 182 valence electrons. The summed E-state index contributed by atoms with van der Waals surface area (Å²) in [6, 6.07) is -0.947. The third-order valence-corrected chi connectivity index (χ3v) is 7.87. The average Bonchev–Trinajstić information content (AvgIpc) is 3.47. The van der Waals surface area contributed by atoms with Crippen LogP contribution in [-0.4, -0.2) is 88.7 Å². The Labute approximate surface area is 210 Å². The highest BCUT2D eigenvalue weighted by molar-refractivity contribution is 8.01. The average molecular weight is 536 g/mol. The molecule has 2 aromatic heterocycles. The molecule has 1 fully saturated rings. The Balaban J connectivity index is 1.49. The maximum absolute atomic E-state index is 12.9. The summed E-state index contributed by atoms with van der Waals surface area (Å²) in [7, 11) is 1.27. The Morgan fingerprint density at radius 1 is 1.51 bits per heavy atom. The number of hydrogen-bond donors (Lipinski definition) is 3. The summed E-state index contributed by atoms with van der Waals surface area (Å²) in [4.78, 5) is 47.7. The fourth-order valence-electron chi connectivity index (χ4n) is 3.33. The number of thiazole rings is 1. The molecular formula is C18H17N9O5S3. The lowest BCUT2D eigenvalue weighted by atomic mass is 10.0. The minimum Gasteiger partial charge on any atom is -0.477 e. The summed E-state index contributed by atoms with van der Waals surface area (Å²) in [5, 5.41) is 29.0. The zero-order chi connectivity index (χ0) is 25.1. The second kappa shape index (κ2) is 10.3. The fourth-order valence-corrected chi connectivity index (χ4v) is 6.24. The van der Waals surface area contributed by atoms with E-state index in [4.69, 9.17) is 17.0 Å². The van der Waals surface area contributed by atoms with Gasteiger partial charge >= 0.3 is 5.97 Å². The van der Waals surface area contributed by atoms with E-state index in [0.29, 0.717) is 16.5 Å². The van der Waals surface area contributed by atoms with Crippen molar-refractivity contribution in [3.8, 4) is 12.3 Å². The van der Waals surface area contributed by atoms with Gasteiger partial charge in [0.15, 0.2) is 10.8 Å². The van der Waals surface area contributed by atoms with Gasteiger partial charge in [-0.05, 0) is 16.0 Å². The first kappa shape index (κ1) is 24.5. The number of aromatic nitrogens is 5. The molecule has 2 amide bonds. The number of aliphatic carboxylic acids is 1. The number of β-lactam (4-membered cyclic amide) rings is 1. The number of nitrogens with one attached hydrogen (secondary N) is 1. The number of terminal acetylenes is 1. The van der Waals surface area contributed by atoms with Crippen LogP contribution in [-0.2, 0) is 25.8 Å². The molecule has 4 rings (SSSR count). The molecule has 0 aliphatic carbocycles. The molecule has 35 heavy (non-hydrogen) atoms. The highest BCUT2D eigenvalue weighted by Gasteiger charge is 2.54. The largest absolute Gasteiger partial charge is 0.477 e. The smallest absolute Gasteiger partial charge is 0.352 e. The topological polar surface area (TPSA) is 191 Å². The summed E-state index contributed by atoms with van der Waals surface area (Å²) in [6.07, 6.45) is 5.30. The molecule has 0 saturated carbocycles. The quantitative estimate of drug-likeness (QED) is 0.120. The molecule has 2 aromatic rings. The Morgan fingerprint density at radius 3 is 2.97 bits per heavy atom. The molecule has 14 nitrogen and oxygen atoms in total. The molecule has 17 heteroatoms. The second-order valence-electron chi connectivity index (χ2n) is 6.92. The van der Waals surface area contributed by atoms with Crippen LogP contribution in [0, 0.1) is 12.3 Å². The lowest BCUT2D eigenvalue weighted by Crippen LogP contribution is -2.71. The predicted molar refractivity (Wildman–Crippen MR) is 127 cm³/mol. The standard InChI is InChI=1S/C18H17N9O5S3/c1-3-4-26-18(22-24-25-26)35-6-8-5-33-15-11(14(29)27(15)12(8)16(30)31)21-13(28)10(23-32-2)9-7-34-17(19)20-9/h1,7,11,15H,4-6H2,2H3,(H2,19,20)(H,21,28)(H,30,31)/t11?,15-/m0/s1. The van der Waals surface area contributed by atoms with Gasteiger partial charge in [0.2, 0.25) is 5.16 Å². The predicted octanol–water partition coefficient (Wildman–Crippen LogP) is -0.774. The maximum atomic E-state index is 12.9. The maximum Gasteiger partial charge on any atom is 0.352 e. The van der Waals surface area contributed by atoms with E-state index in [0.717, 1.165) is 11.3 Å². The summed E-state index contributed by atoms with van der Waals surface area (Å²) in [5.74, 6) is 0.508. The van der Waals surface area contributed by atoms with Gasteiger partial charge in [-0.1, -0.05) is 22.8 Å². The monoisotopic (exact) mass is 535 g/mol. The van der Waals surface area contributed by atoms with Crippen molar-refractivity contribution in [2.75, 3.05) is 24.3 Å². The van der Waals surface area contributed by atoms with Crippen LogP contribution in [0.4, 0.5) is 5.13 Å². The zero-order valence-electron chi connectivity index (χ0n) is 17.9. The second-order valence-corrected chi connectivity index (χ2v) is 9.86. The number of carbonyl (C=O) groups is 3. The van der Waals surface area contributed by atoms with Crippen molar-refractivity contribution in [3.63, 3.8) is 0 Å². The van der Waals surface area contributed by atoms with Gasteiger partial charge < -0.3 is 21.0 Å². The number of oxime groups is 1. The van der Waals surface area contributed by atoms with Crippen LogP contribution in [0.1, 0.15) is 5.69 Å². The van der Waals surface area contributed by atoms with Gasteiger partial charge in [-0.2, -0.15) is 0 Å². The number of amides is 2. The molecule has 4 heterocycles. The summed E-state index contributed by atoms with van der Waals surface area (Å²) in [5.41, 5.74) is 6.08. The molecule has 0 bridgehead atoms. The molecule has 2 aliphatic rings. The highest BCUT2D eigenvalue weighted by atomic mass is 32.2. The van der Waals surface area contributed by atoms with Crippen molar-refractivity contribution < 1.29 is 24.3 Å². The zero-order valence-corrected chi connectivity index (χ0v) is 20.4. The molecular weight excluding hydrogens is 518 g/mol. The van der Waals surface area contributed by atoms with E-state index >= 15 is 0 Å². The fraction of sp³-hybridized carbons (Fsp3) is 0.333. The number of carboxylic acids is 1. The number of thioether (sulfide) groups is 2. The minimum atomic E-state index is -1.24. The number of nitrogens with zero attached hydrogens (tertiary/aromatic N) is 7. The van der Waals surface area contributed by atoms with E-state index in [9.17, 15) is 19.5 Å². The number of carbonyl (C=O) groups excluding carboxylic acids is 2. The van der Waals surface area contributed by atoms with Gasteiger partial charge in [0.05, 0.1) is 0 Å². The molecule has 1 unspecified atom stereocenters. The third kappa shape index (κ3) is 4.80. The Morgan fingerprint density at radius 2 is 2.31 bits per heavy atom. The van der Waals surface area contributed by atoms with Gasteiger partial charge in [-0.25, -0.2) is 14.5 Å². The van der Waals surface area contributed by atoms with Crippen LogP contribution in [0.2, 0.25) is 0 Å². The summed E-state index contributed by atoms with van der Waals surface area (Å²) >= 11 is 3.66. The van der Waals surface area contributed by atoms with Gasteiger partial charge in [0.25, 0.3) is 11.8 Å². The number of carboxylic acid groups (broad SMARTS) is 1. The van der Waals surface area contributed by atoms with Crippen LogP contribution >= 0.6 is 34.9 Å². The summed E-state index contributed by atoms with van der Waals surface area (Å²) in [6.45, 7) is 0.171. The van der Waals surface area contributed by atoms with Crippen molar-refractivity contribution in [1.29, 1.82) is 0 Å². The number of rotatable bonds is 9. The minimum absolute atomic E-state index is 0.120. The van der Waals surface area contributed by atoms with E-state index in [2.05, 4.69) is 36.9 Å². The molecule has 2 atom stereocenters. The van der Waals surface area contributed by atoms with Gasteiger partial charge in [0.1, 0.15) is 36.5 Å². The van der Waals surface area contributed by atoms with Crippen LogP contribution in [0.15, 0.2) is 27.0 Å². The molecule has 0 spiro atoms. The number of nitrogen functional groups attached to an aromatic ring is 1. The summed E-state index contributed by atoms with van der Waals surface area (Å²) < 4.78 is 1.42. The first-order chi connectivity index (χ1) is 16.8. The van der Waals surface area contributed by atoms with Gasteiger partial charge in [-0.15, -0.1) is 34.6 Å². The van der Waals surface area contributed by atoms with Crippen molar-refractivity contribution in [2.45, 2.75) is 23.1 Å². The SMILES string of the molecule is C#CCn1nnnc1SCC1=C(C(=O)O)N2C(=O)C(NC(=O)C(=NOC)c3csc(N)n3)[C@@H]2SC1. The molecule has 2 aliphatic heterocycles. The van der Waals surface area contributed by atoms with Crippen LogP contribution in [0.25, 0.3) is 0 Å². The van der Waals surface area contributed by atoms with E-state index < -0.39 is 29.2 Å². The molecule has 0 aromatic carbocycles. The van der Waals surface area contributed by atoms with Crippen molar-refractivity contribution in [1.82, 2.24) is 35.4 Å². The molecule has 4 N–H and O–H groups in total. The number of hydrogen-bond acceptors (Lipinski definition) is 13. The van der Waals surface area contributed by atoms with E-state index in [1.165, 1.54) is 45.6 Å². The van der Waals surface area contributed by atoms with E-state index in [1.54, 1.807) is 0 Å². The first-order valence-electron chi connectivity index (χ1n) is 9.71. The Bertz CT molecular complexity index is 1280. The first-order valence-corrected chi connectivity index (χ1v) is 12.6. The van der Waals surface area contributed by atoms with E-state index in [1.807, 2.05) is 0 Å². The third-order valence-electron chi connectivity index (χ3n) is 4.81. The lowest BCUT2D eigenvalue weighted by molar-refractivity contribution is -0.150. The van der Waals surface area contributed by atoms with Gasteiger partial charge in [-0.3, -0.25) is 14.5 Å².